The van der Waals surface area contributed by atoms with E-state index in [1.54, 1.807) is 31.9 Å². The standard InChI is InChI=1S/C20H25N5O2S/c1-12-10-14(13(2)23-28(27)20(3,4)5)17-15(11-12)19(26)24(6)18(22-17)16-8-9-21-25(16)7/h8-11H,1-7H3. The van der Waals surface area contributed by atoms with Crippen LogP contribution in [0.2, 0.25) is 0 Å². The van der Waals surface area contributed by atoms with Crippen molar-refractivity contribution in [2.45, 2.75) is 39.4 Å². The van der Waals surface area contributed by atoms with Crippen molar-refractivity contribution in [1.82, 2.24) is 19.3 Å². The molecule has 0 amide bonds. The van der Waals surface area contributed by atoms with Crippen molar-refractivity contribution in [3.8, 4) is 11.5 Å². The monoisotopic (exact) mass is 399 g/mol. The molecule has 2 heterocycles. The molecule has 8 heteroatoms. The fourth-order valence-corrected chi connectivity index (χ4v) is 3.55. The summed E-state index contributed by atoms with van der Waals surface area (Å²) in [7, 11) is 3.51. The molecule has 0 radical (unpaired) electrons. The summed E-state index contributed by atoms with van der Waals surface area (Å²) in [4.78, 5) is 17.9. The number of nitrogens with zero attached hydrogens (tertiary/aromatic N) is 5. The molecule has 0 bridgehead atoms. The Hall–Kier alpha value is -2.45. The van der Waals surface area contributed by atoms with Gasteiger partial charge in [-0.25, -0.2) is 4.98 Å². The summed E-state index contributed by atoms with van der Waals surface area (Å²) in [6.07, 6.45) is 1.67. The zero-order chi connectivity index (χ0) is 20.8. The molecule has 0 aliphatic carbocycles. The minimum absolute atomic E-state index is 0.143. The van der Waals surface area contributed by atoms with Crippen molar-refractivity contribution < 1.29 is 4.55 Å². The van der Waals surface area contributed by atoms with Crippen LogP contribution < -0.4 is 5.56 Å². The minimum atomic E-state index is -1.40. The Labute approximate surface area is 167 Å². The van der Waals surface area contributed by atoms with Crippen molar-refractivity contribution in [2.24, 2.45) is 18.5 Å². The summed E-state index contributed by atoms with van der Waals surface area (Å²) in [5.41, 5.74) is 3.38. The van der Waals surface area contributed by atoms with Gasteiger partial charge in [0.1, 0.15) is 21.8 Å². The number of hydrogen-bond acceptors (Lipinski definition) is 5. The number of aromatic nitrogens is 4. The van der Waals surface area contributed by atoms with Gasteiger partial charge in [-0.15, -0.1) is 0 Å². The van der Waals surface area contributed by atoms with E-state index in [0.29, 0.717) is 28.0 Å². The molecule has 2 aromatic heterocycles. The summed E-state index contributed by atoms with van der Waals surface area (Å²) >= 11 is -1.40. The molecule has 1 aromatic carbocycles. The lowest BCUT2D eigenvalue weighted by Crippen LogP contribution is -2.27. The lowest BCUT2D eigenvalue weighted by molar-refractivity contribution is 0.561. The zero-order valence-corrected chi connectivity index (χ0v) is 18.1. The van der Waals surface area contributed by atoms with E-state index in [4.69, 9.17) is 4.98 Å². The molecule has 0 aliphatic heterocycles. The molecule has 7 nitrogen and oxygen atoms in total. The summed E-state index contributed by atoms with van der Waals surface area (Å²) in [5, 5.41) is 4.69. The number of rotatable bonds is 3. The molecular formula is C20H25N5O2S. The zero-order valence-electron chi connectivity index (χ0n) is 17.3. The van der Waals surface area contributed by atoms with Crippen molar-refractivity contribution in [3.05, 3.63) is 45.9 Å². The quantitative estimate of drug-likeness (QED) is 0.500. The second-order valence-corrected chi connectivity index (χ2v) is 9.79. The Balaban J connectivity index is 2.33. The Morgan fingerprint density at radius 2 is 1.93 bits per heavy atom. The topological polar surface area (TPSA) is 88.1 Å². The SMILES string of the molecule is CC(=N[S+]([O-])C(C)(C)C)c1cc(C)cc2c(=O)n(C)c(-c3ccnn3C)nc12. The third kappa shape index (κ3) is 3.62. The van der Waals surface area contributed by atoms with Crippen molar-refractivity contribution in [1.29, 1.82) is 0 Å². The van der Waals surface area contributed by atoms with Crippen LogP contribution in [-0.2, 0) is 25.5 Å². The van der Waals surface area contributed by atoms with Gasteiger partial charge in [-0.1, -0.05) is 4.40 Å². The minimum Gasteiger partial charge on any atom is -0.591 e. The van der Waals surface area contributed by atoms with Crippen LogP contribution in [-0.4, -0.2) is 34.3 Å². The van der Waals surface area contributed by atoms with Crippen LogP contribution >= 0.6 is 0 Å². The van der Waals surface area contributed by atoms with Crippen molar-refractivity contribution >= 4 is 28.0 Å². The highest BCUT2D eigenvalue weighted by atomic mass is 32.2. The maximum absolute atomic E-state index is 13.1. The van der Waals surface area contributed by atoms with Crippen LogP contribution in [0.25, 0.3) is 22.4 Å². The summed E-state index contributed by atoms with van der Waals surface area (Å²) in [6.45, 7) is 9.36. The summed E-state index contributed by atoms with van der Waals surface area (Å²) in [6, 6.07) is 5.58. The first-order chi connectivity index (χ1) is 13.0. The maximum atomic E-state index is 13.1. The lowest BCUT2D eigenvalue weighted by atomic mass is 10.0. The highest BCUT2D eigenvalue weighted by molar-refractivity contribution is 7.91. The molecule has 1 atom stereocenters. The first-order valence-corrected chi connectivity index (χ1v) is 10.1. The predicted molar refractivity (Wildman–Crippen MR) is 114 cm³/mol. The third-order valence-corrected chi connectivity index (χ3v) is 6.00. The normalized spacial score (nSPS) is 13.9. The average molecular weight is 400 g/mol. The van der Waals surface area contributed by atoms with E-state index in [-0.39, 0.29) is 5.56 Å². The number of aryl methyl sites for hydroxylation is 2. The summed E-state index contributed by atoms with van der Waals surface area (Å²) in [5.74, 6) is 0.521. The van der Waals surface area contributed by atoms with E-state index in [1.165, 1.54) is 4.57 Å². The van der Waals surface area contributed by atoms with Gasteiger partial charge in [0.2, 0.25) is 0 Å². The Bertz CT molecular complexity index is 1140. The number of benzene rings is 1. The van der Waals surface area contributed by atoms with E-state index in [9.17, 15) is 9.35 Å². The Kier molecular flexibility index (Phi) is 5.20. The average Bonchev–Trinajstić information content (AvgIpc) is 3.02. The molecule has 1 unspecified atom stereocenters. The molecule has 0 saturated heterocycles. The van der Waals surface area contributed by atoms with Crippen LogP contribution in [0.1, 0.15) is 38.8 Å². The predicted octanol–water partition coefficient (Wildman–Crippen LogP) is 2.91. The number of hydrogen-bond donors (Lipinski definition) is 0. The van der Waals surface area contributed by atoms with E-state index < -0.39 is 16.1 Å². The molecule has 148 valence electrons. The van der Waals surface area contributed by atoms with Crippen molar-refractivity contribution in [2.75, 3.05) is 0 Å². The second kappa shape index (κ2) is 7.18. The fraction of sp³-hybridized carbons (Fsp3) is 0.400. The van der Waals surface area contributed by atoms with Crippen LogP contribution in [0.15, 0.2) is 33.6 Å². The molecule has 28 heavy (non-hydrogen) atoms. The smallest absolute Gasteiger partial charge is 0.261 e. The van der Waals surface area contributed by atoms with Gasteiger partial charge < -0.3 is 4.55 Å². The van der Waals surface area contributed by atoms with Gasteiger partial charge in [0.15, 0.2) is 5.82 Å². The second-order valence-electron chi connectivity index (χ2n) is 7.89. The van der Waals surface area contributed by atoms with Crippen LogP contribution in [0, 0.1) is 6.92 Å². The van der Waals surface area contributed by atoms with Crippen LogP contribution in [0.3, 0.4) is 0 Å². The largest absolute Gasteiger partial charge is 0.591 e. The van der Waals surface area contributed by atoms with Gasteiger partial charge in [0, 0.05) is 25.9 Å². The summed E-state index contributed by atoms with van der Waals surface area (Å²) < 4.78 is 19.6. The van der Waals surface area contributed by atoms with Gasteiger partial charge >= 0.3 is 0 Å². The van der Waals surface area contributed by atoms with E-state index >= 15 is 0 Å². The van der Waals surface area contributed by atoms with E-state index in [0.717, 1.165) is 11.3 Å². The molecule has 0 fully saturated rings. The number of fused-ring (bicyclic) bond motifs is 1. The molecule has 0 aliphatic rings. The highest BCUT2D eigenvalue weighted by Gasteiger charge is 2.27. The van der Waals surface area contributed by atoms with Gasteiger partial charge in [0.05, 0.1) is 16.6 Å². The highest BCUT2D eigenvalue weighted by Crippen LogP contribution is 2.24. The lowest BCUT2D eigenvalue weighted by Gasteiger charge is -2.19. The Morgan fingerprint density at radius 1 is 1.25 bits per heavy atom. The maximum Gasteiger partial charge on any atom is 0.261 e. The molecule has 0 saturated carbocycles. The van der Waals surface area contributed by atoms with E-state index in [2.05, 4.69) is 9.50 Å². The van der Waals surface area contributed by atoms with E-state index in [1.807, 2.05) is 45.9 Å². The van der Waals surface area contributed by atoms with Crippen LogP contribution in [0.5, 0.6) is 0 Å². The molecule has 0 spiro atoms. The fourth-order valence-electron chi connectivity index (χ4n) is 2.93. The van der Waals surface area contributed by atoms with Gasteiger partial charge in [0.25, 0.3) is 5.56 Å². The van der Waals surface area contributed by atoms with Crippen LogP contribution in [0.4, 0.5) is 0 Å². The first-order valence-electron chi connectivity index (χ1n) is 8.98. The molecular weight excluding hydrogens is 374 g/mol. The Morgan fingerprint density at radius 3 is 2.50 bits per heavy atom. The van der Waals surface area contributed by atoms with Gasteiger partial charge in [-0.05, 0) is 58.4 Å². The molecule has 0 N–H and O–H groups in total. The van der Waals surface area contributed by atoms with Gasteiger partial charge in [-0.2, -0.15) is 5.10 Å². The first kappa shape index (κ1) is 20.3. The molecule has 3 rings (SSSR count). The van der Waals surface area contributed by atoms with Crippen molar-refractivity contribution in [3.63, 3.8) is 0 Å². The van der Waals surface area contributed by atoms with Gasteiger partial charge in [-0.3, -0.25) is 14.0 Å². The molecule has 3 aromatic rings. The third-order valence-electron chi connectivity index (χ3n) is 4.51.